The molecule has 0 aromatic rings. The van der Waals surface area contributed by atoms with Crippen LogP contribution >= 0.6 is 0 Å². The van der Waals surface area contributed by atoms with E-state index in [1.165, 1.54) is 0 Å². The van der Waals surface area contributed by atoms with Gasteiger partial charge in [-0.2, -0.15) is 0 Å². The summed E-state index contributed by atoms with van der Waals surface area (Å²) in [5.74, 6) is 0. The molecule has 0 aliphatic rings. The average molecular weight is 143 g/mol. The summed E-state index contributed by atoms with van der Waals surface area (Å²) >= 11 is 0. The summed E-state index contributed by atoms with van der Waals surface area (Å²) in [5, 5.41) is 7.10. The molecule has 4 heteroatoms. The quantitative estimate of drug-likeness (QED) is 0.407. The van der Waals surface area contributed by atoms with Gasteiger partial charge in [-0.15, -0.1) is 0 Å². The Kier molecular flexibility index (Phi) is 7.65. The summed E-state index contributed by atoms with van der Waals surface area (Å²) in [6.45, 7) is 3.65. The molecule has 0 aromatic heterocycles. The zero-order valence-corrected chi connectivity index (χ0v) is 9.53. The van der Waals surface area contributed by atoms with Gasteiger partial charge in [0, 0.05) is 7.11 Å². The van der Waals surface area contributed by atoms with Crippen LogP contribution in [-0.4, -0.2) is 15.6 Å². The van der Waals surface area contributed by atoms with Gasteiger partial charge in [0.2, 0.25) is 0 Å². The summed E-state index contributed by atoms with van der Waals surface area (Å²) in [6, 6.07) is 0. The Hall–Kier alpha value is 1.77. The molecule has 0 spiro atoms. The van der Waals surface area contributed by atoms with Crippen molar-refractivity contribution >= 4 is 8.48 Å². The monoisotopic (exact) mass is 143 g/mol. The van der Waals surface area contributed by atoms with E-state index >= 15 is 0 Å². The van der Waals surface area contributed by atoms with Gasteiger partial charge in [0.05, 0.1) is 8.48 Å². The van der Waals surface area contributed by atoms with Crippen molar-refractivity contribution in [1.82, 2.24) is 0 Å². The summed E-state index contributed by atoms with van der Waals surface area (Å²) in [7, 11) is -0.299. The molecular weight excluding hydrogens is 133 g/mol. The zero-order chi connectivity index (χ0) is 5.21. The first-order chi connectivity index (χ1) is 2.56. The van der Waals surface area contributed by atoms with Gasteiger partial charge in [-0.3, -0.25) is 0 Å². The molecule has 0 saturated carbocycles. The fourth-order valence-electron chi connectivity index (χ4n) is 0. The summed E-state index contributed by atoms with van der Waals surface area (Å²) in [6.07, 6.45) is 0. The molecule has 0 bridgehead atoms. The second-order valence-electron chi connectivity index (χ2n) is 1.71. The van der Waals surface area contributed by atoms with E-state index in [2.05, 4.69) is 0 Å². The van der Waals surface area contributed by atoms with Crippen LogP contribution < -0.4 is 51.4 Å². The Morgan fingerprint density at radius 3 is 1.57 bits per heavy atom. The molecule has 0 heterocycles. The van der Waals surface area contributed by atoms with Crippen LogP contribution in [0.15, 0.2) is 0 Å². The second-order valence-corrected chi connectivity index (χ2v) is 5.14. The van der Waals surface area contributed by atoms with Crippen LogP contribution in [0, 0.1) is 0 Å². The Labute approximate surface area is 88.4 Å². The molecule has 0 saturated heterocycles. The first kappa shape index (κ1) is 11.6. The SMILES string of the molecule is CO[Si](C)(C)[NH-].[K+]. The Balaban J connectivity index is 0. The number of rotatable bonds is 1. The normalized spacial score (nSPS) is 10.3. The van der Waals surface area contributed by atoms with Gasteiger partial charge in [-0.1, -0.05) is 13.1 Å². The summed E-state index contributed by atoms with van der Waals surface area (Å²) < 4.78 is 4.74. The number of hydrogen-bond acceptors (Lipinski definition) is 1. The van der Waals surface area contributed by atoms with E-state index in [1.807, 2.05) is 13.1 Å². The molecule has 0 amide bonds. The number of hydrogen-bond donors (Lipinski definition) is 0. The standard InChI is InChI=1S/C3H10NOSi.K/c1-5-6(2,3)4;/h4H,1-3H3;/q-1;+1. The van der Waals surface area contributed by atoms with E-state index in [0.29, 0.717) is 0 Å². The van der Waals surface area contributed by atoms with Crippen molar-refractivity contribution in [1.29, 1.82) is 0 Å². The smallest absolute Gasteiger partial charge is 0.657 e. The largest absolute Gasteiger partial charge is 1.00 e. The van der Waals surface area contributed by atoms with E-state index in [-0.39, 0.29) is 51.4 Å². The van der Waals surface area contributed by atoms with Crippen molar-refractivity contribution in [2.45, 2.75) is 13.1 Å². The second kappa shape index (κ2) is 4.63. The van der Waals surface area contributed by atoms with E-state index in [0.717, 1.165) is 0 Å². The van der Waals surface area contributed by atoms with Crippen molar-refractivity contribution in [3.63, 3.8) is 0 Å². The molecule has 38 valence electrons. The van der Waals surface area contributed by atoms with Crippen LogP contribution in [-0.2, 0) is 4.43 Å². The maximum absolute atomic E-state index is 7.10. The van der Waals surface area contributed by atoms with E-state index in [9.17, 15) is 0 Å². The first-order valence-corrected chi connectivity index (χ1v) is 4.77. The fraction of sp³-hybridized carbons (Fsp3) is 1.00. The topological polar surface area (TPSA) is 33.0 Å². The van der Waals surface area contributed by atoms with Crippen molar-refractivity contribution in [3.05, 3.63) is 5.40 Å². The Morgan fingerprint density at radius 2 is 1.57 bits per heavy atom. The predicted octanol–water partition coefficient (Wildman–Crippen LogP) is -1.61. The molecular formula is C3H10KNOSi. The van der Waals surface area contributed by atoms with Crippen molar-refractivity contribution in [2.75, 3.05) is 7.11 Å². The first-order valence-electron chi connectivity index (χ1n) is 1.86. The molecule has 1 N–H and O–H groups in total. The third-order valence-corrected chi connectivity index (χ3v) is 1.53. The maximum Gasteiger partial charge on any atom is 1.00 e. The molecule has 0 fully saturated rings. The zero-order valence-electron chi connectivity index (χ0n) is 5.41. The minimum Gasteiger partial charge on any atom is -0.657 e. The van der Waals surface area contributed by atoms with Crippen LogP contribution in [0.5, 0.6) is 0 Å². The van der Waals surface area contributed by atoms with Gasteiger partial charge >= 0.3 is 51.4 Å². The van der Waals surface area contributed by atoms with Gasteiger partial charge in [0.15, 0.2) is 0 Å². The van der Waals surface area contributed by atoms with Crippen LogP contribution in [0.2, 0.25) is 13.1 Å². The van der Waals surface area contributed by atoms with Gasteiger partial charge < -0.3 is 9.83 Å². The van der Waals surface area contributed by atoms with Gasteiger partial charge in [0.1, 0.15) is 0 Å². The average Bonchev–Trinajstić information content (AvgIpc) is 1.35. The molecule has 0 aliphatic heterocycles. The van der Waals surface area contributed by atoms with Crippen LogP contribution in [0.25, 0.3) is 5.40 Å². The Bertz CT molecular complexity index is 44.7. The van der Waals surface area contributed by atoms with E-state index < -0.39 is 8.48 Å². The summed E-state index contributed by atoms with van der Waals surface area (Å²) in [4.78, 5) is 0. The van der Waals surface area contributed by atoms with Crippen molar-refractivity contribution in [2.24, 2.45) is 0 Å². The number of nitrogens with one attached hydrogen (secondary N) is 1. The van der Waals surface area contributed by atoms with E-state index in [4.69, 9.17) is 9.83 Å². The summed E-state index contributed by atoms with van der Waals surface area (Å²) in [5.41, 5.74) is 0. The third-order valence-electron chi connectivity index (χ3n) is 0.510. The molecule has 0 aromatic carbocycles. The molecule has 0 unspecified atom stereocenters. The van der Waals surface area contributed by atoms with Gasteiger partial charge in [0.25, 0.3) is 0 Å². The van der Waals surface area contributed by atoms with Crippen LogP contribution in [0.1, 0.15) is 0 Å². The fourth-order valence-corrected chi connectivity index (χ4v) is 0. The van der Waals surface area contributed by atoms with Crippen LogP contribution in [0.4, 0.5) is 0 Å². The molecule has 0 rings (SSSR count). The minimum absolute atomic E-state index is 0. The minimum atomic E-state index is -1.88. The molecule has 2 nitrogen and oxygen atoms in total. The van der Waals surface area contributed by atoms with Gasteiger partial charge in [-0.25, -0.2) is 0 Å². The molecule has 7 heavy (non-hydrogen) atoms. The molecule has 0 atom stereocenters. The van der Waals surface area contributed by atoms with Crippen LogP contribution in [0.3, 0.4) is 0 Å². The Morgan fingerprint density at radius 1 is 1.43 bits per heavy atom. The van der Waals surface area contributed by atoms with Crippen molar-refractivity contribution < 1.29 is 55.8 Å². The molecule has 0 radical (unpaired) electrons. The van der Waals surface area contributed by atoms with E-state index in [1.54, 1.807) is 7.11 Å². The van der Waals surface area contributed by atoms with Gasteiger partial charge in [-0.05, 0) is 0 Å². The van der Waals surface area contributed by atoms with Crippen molar-refractivity contribution in [3.8, 4) is 0 Å². The maximum atomic E-state index is 7.10. The molecule has 0 aliphatic carbocycles. The predicted molar refractivity (Wildman–Crippen MR) is 28.8 cm³/mol. The third kappa shape index (κ3) is 11.4.